The molecule has 0 aliphatic rings. The second-order valence-electron chi connectivity index (χ2n) is 5.07. The Morgan fingerprint density at radius 1 is 1.17 bits per heavy atom. The SMILES string of the molecule is COCc1nsc(NCCc2ccc(-c3csc(C)n3)cc2)n1. The van der Waals surface area contributed by atoms with E-state index < -0.39 is 0 Å². The maximum atomic E-state index is 5.01. The first-order valence-corrected chi connectivity index (χ1v) is 8.97. The molecule has 0 aliphatic carbocycles. The molecular weight excluding hydrogens is 328 g/mol. The zero-order valence-corrected chi connectivity index (χ0v) is 14.7. The third kappa shape index (κ3) is 4.34. The fraction of sp³-hybridized carbons (Fsp3) is 0.312. The Hall–Kier alpha value is -1.83. The average molecular weight is 346 g/mol. The first kappa shape index (κ1) is 16.0. The molecule has 7 heteroatoms. The second kappa shape index (κ2) is 7.63. The van der Waals surface area contributed by atoms with Crippen molar-refractivity contribution in [2.45, 2.75) is 20.0 Å². The molecular formula is C16H18N4OS2. The van der Waals surface area contributed by atoms with E-state index >= 15 is 0 Å². The lowest BCUT2D eigenvalue weighted by Crippen LogP contribution is -2.04. The molecule has 1 aromatic carbocycles. The molecule has 0 unspecified atom stereocenters. The van der Waals surface area contributed by atoms with E-state index in [1.54, 1.807) is 18.4 Å². The number of thiazole rings is 1. The van der Waals surface area contributed by atoms with Gasteiger partial charge in [0.2, 0.25) is 5.13 Å². The van der Waals surface area contributed by atoms with Crippen molar-refractivity contribution in [1.29, 1.82) is 0 Å². The zero-order chi connectivity index (χ0) is 16.1. The molecule has 3 aromatic rings. The van der Waals surface area contributed by atoms with Crippen LogP contribution in [0.15, 0.2) is 29.6 Å². The minimum Gasteiger partial charge on any atom is -0.377 e. The van der Waals surface area contributed by atoms with Gasteiger partial charge in [-0.25, -0.2) is 9.97 Å². The molecule has 2 aromatic heterocycles. The Morgan fingerprint density at radius 3 is 2.70 bits per heavy atom. The topological polar surface area (TPSA) is 59.9 Å². The summed E-state index contributed by atoms with van der Waals surface area (Å²) in [4.78, 5) is 8.86. The molecule has 1 N–H and O–H groups in total. The summed E-state index contributed by atoms with van der Waals surface area (Å²) in [6.45, 7) is 3.31. The van der Waals surface area contributed by atoms with Crippen molar-refractivity contribution in [2.24, 2.45) is 0 Å². The van der Waals surface area contributed by atoms with E-state index in [4.69, 9.17) is 4.74 Å². The third-order valence-electron chi connectivity index (χ3n) is 3.30. The highest BCUT2D eigenvalue weighted by Crippen LogP contribution is 2.22. The van der Waals surface area contributed by atoms with Gasteiger partial charge in [0.05, 0.1) is 10.7 Å². The van der Waals surface area contributed by atoms with Crippen LogP contribution in [-0.2, 0) is 17.8 Å². The summed E-state index contributed by atoms with van der Waals surface area (Å²) in [5.41, 5.74) is 3.51. The summed E-state index contributed by atoms with van der Waals surface area (Å²) in [5, 5.41) is 7.33. The molecule has 0 saturated carbocycles. The van der Waals surface area contributed by atoms with Crippen LogP contribution in [0.3, 0.4) is 0 Å². The number of hydrogen-bond donors (Lipinski definition) is 1. The maximum absolute atomic E-state index is 5.01. The summed E-state index contributed by atoms with van der Waals surface area (Å²) in [5.74, 6) is 0.725. The van der Waals surface area contributed by atoms with Crippen LogP contribution in [0.4, 0.5) is 5.13 Å². The fourth-order valence-corrected chi connectivity index (χ4v) is 3.39. The molecule has 0 aliphatic heterocycles. The van der Waals surface area contributed by atoms with E-state index in [0.29, 0.717) is 6.61 Å². The van der Waals surface area contributed by atoms with E-state index in [2.05, 4.69) is 49.3 Å². The molecule has 0 bridgehead atoms. The normalized spacial score (nSPS) is 10.9. The largest absolute Gasteiger partial charge is 0.377 e. The summed E-state index contributed by atoms with van der Waals surface area (Å²) >= 11 is 3.05. The fourth-order valence-electron chi connectivity index (χ4n) is 2.17. The molecule has 2 heterocycles. The van der Waals surface area contributed by atoms with Gasteiger partial charge in [0.15, 0.2) is 5.82 Å². The molecule has 0 amide bonds. The summed E-state index contributed by atoms with van der Waals surface area (Å²) in [6, 6.07) is 8.57. The Morgan fingerprint density at radius 2 is 2.00 bits per heavy atom. The van der Waals surface area contributed by atoms with E-state index in [1.165, 1.54) is 22.7 Å². The van der Waals surface area contributed by atoms with Gasteiger partial charge in [0.1, 0.15) is 6.61 Å². The smallest absolute Gasteiger partial charge is 0.202 e. The van der Waals surface area contributed by atoms with Crippen LogP contribution < -0.4 is 5.32 Å². The zero-order valence-electron chi connectivity index (χ0n) is 13.1. The highest BCUT2D eigenvalue weighted by molar-refractivity contribution is 7.10. The van der Waals surface area contributed by atoms with Crippen LogP contribution in [0.2, 0.25) is 0 Å². The maximum Gasteiger partial charge on any atom is 0.202 e. The number of hydrogen-bond acceptors (Lipinski definition) is 7. The van der Waals surface area contributed by atoms with Gasteiger partial charge in [0.25, 0.3) is 0 Å². The standard InChI is InChI=1S/C16H18N4OS2/c1-11-18-14(10-22-11)13-5-3-12(4-6-13)7-8-17-16-19-15(9-21-2)20-23-16/h3-6,10H,7-9H2,1-2H3,(H,17,19,20). The van der Waals surface area contributed by atoms with Crippen LogP contribution in [0, 0.1) is 6.92 Å². The van der Waals surface area contributed by atoms with Crippen LogP contribution in [-0.4, -0.2) is 28.0 Å². The van der Waals surface area contributed by atoms with Crippen molar-refractivity contribution in [2.75, 3.05) is 19.0 Å². The van der Waals surface area contributed by atoms with Crippen LogP contribution in [0.5, 0.6) is 0 Å². The third-order valence-corrected chi connectivity index (χ3v) is 4.78. The number of nitrogens with zero attached hydrogens (tertiary/aromatic N) is 3. The molecule has 120 valence electrons. The van der Waals surface area contributed by atoms with Crippen molar-refractivity contribution in [3.8, 4) is 11.3 Å². The van der Waals surface area contributed by atoms with Gasteiger partial charge in [0, 0.05) is 36.1 Å². The van der Waals surface area contributed by atoms with Gasteiger partial charge >= 0.3 is 0 Å². The summed E-state index contributed by atoms with van der Waals surface area (Å²) in [7, 11) is 1.64. The van der Waals surface area contributed by atoms with Gasteiger partial charge < -0.3 is 10.1 Å². The number of benzene rings is 1. The van der Waals surface area contributed by atoms with Gasteiger partial charge in [-0.15, -0.1) is 11.3 Å². The van der Waals surface area contributed by atoms with E-state index in [0.717, 1.165) is 34.6 Å². The van der Waals surface area contributed by atoms with Crippen molar-refractivity contribution >= 4 is 28.0 Å². The Bertz CT molecular complexity index is 752. The Kier molecular flexibility index (Phi) is 5.32. The van der Waals surface area contributed by atoms with Crippen molar-refractivity contribution < 1.29 is 4.74 Å². The van der Waals surface area contributed by atoms with Gasteiger partial charge in [-0.1, -0.05) is 24.3 Å². The quantitative estimate of drug-likeness (QED) is 0.705. The van der Waals surface area contributed by atoms with Gasteiger partial charge in [-0.05, 0) is 18.9 Å². The van der Waals surface area contributed by atoms with Gasteiger partial charge in [-0.3, -0.25) is 0 Å². The lowest BCUT2D eigenvalue weighted by Gasteiger charge is -2.04. The number of anilines is 1. The number of methoxy groups -OCH3 is 1. The molecule has 0 fully saturated rings. The number of rotatable bonds is 7. The Labute approximate surface area is 143 Å². The summed E-state index contributed by atoms with van der Waals surface area (Å²) in [6.07, 6.45) is 0.940. The van der Waals surface area contributed by atoms with Crippen molar-refractivity contribution in [3.63, 3.8) is 0 Å². The van der Waals surface area contributed by atoms with E-state index in [1.807, 2.05) is 6.92 Å². The first-order valence-electron chi connectivity index (χ1n) is 7.31. The second-order valence-corrected chi connectivity index (χ2v) is 6.89. The highest BCUT2D eigenvalue weighted by atomic mass is 32.1. The number of nitrogens with one attached hydrogen (secondary N) is 1. The van der Waals surface area contributed by atoms with Crippen molar-refractivity contribution in [1.82, 2.24) is 14.3 Å². The molecule has 0 spiro atoms. The molecule has 0 radical (unpaired) electrons. The molecule has 3 rings (SSSR count). The number of aromatic nitrogens is 3. The summed E-state index contributed by atoms with van der Waals surface area (Å²) < 4.78 is 9.23. The van der Waals surface area contributed by atoms with Crippen molar-refractivity contribution in [3.05, 3.63) is 46.0 Å². The molecule has 5 nitrogen and oxygen atoms in total. The minimum atomic E-state index is 0.454. The van der Waals surface area contributed by atoms with Crippen LogP contribution in [0.1, 0.15) is 16.4 Å². The predicted molar refractivity (Wildman–Crippen MR) is 95.1 cm³/mol. The lowest BCUT2D eigenvalue weighted by atomic mass is 10.1. The highest BCUT2D eigenvalue weighted by Gasteiger charge is 2.04. The van der Waals surface area contributed by atoms with E-state index in [9.17, 15) is 0 Å². The van der Waals surface area contributed by atoms with E-state index in [-0.39, 0.29) is 0 Å². The number of ether oxygens (including phenoxy) is 1. The minimum absolute atomic E-state index is 0.454. The molecule has 23 heavy (non-hydrogen) atoms. The molecule has 0 atom stereocenters. The molecule has 0 saturated heterocycles. The van der Waals surface area contributed by atoms with Gasteiger partial charge in [-0.2, -0.15) is 4.37 Å². The predicted octanol–water partition coefficient (Wildman–Crippen LogP) is 3.77. The average Bonchev–Trinajstić information content (AvgIpc) is 3.18. The number of aryl methyl sites for hydroxylation is 1. The first-order chi connectivity index (χ1) is 11.2. The van der Waals surface area contributed by atoms with Crippen LogP contribution >= 0.6 is 22.9 Å². The monoisotopic (exact) mass is 346 g/mol. The lowest BCUT2D eigenvalue weighted by molar-refractivity contribution is 0.179. The Balaban J connectivity index is 1.52. The van der Waals surface area contributed by atoms with Crippen LogP contribution in [0.25, 0.3) is 11.3 Å².